The average molecular weight is 498 g/mol. The van der Waals surface area contributed by atoms with Crippen LogP contribution in [0.4, 0.5) is 4.79 Å². The largest absolute Gasteiger partial charge is 0.475 e. The molecule has 10 heteroatoms. The maximum atomic E-state index is 11.6. The molecule has 1 saturated heterocycles. The number of carbonyl (C=O) groups excluding carboxylic acids is 1. The van der Waals surface area contributed by atoms with Gasteiger partial charge in [-0.25, -0.2) is 14.8 Å². The second-order valence-electron chi connectivity index (χ2n) is 5.51. The highest BCUT2D eigenvalue weighted by Crippen LogP contribution is 2.19. The summed E-state index contributed by atoms with van der Waals surface area (Å²) in [7, 11) is 0. The van der Waals surface area contributed by atoms with E-state index in [1.807, 2.05) is 0 Å². The second kappa shape index (κ2) is 12.0. The Hall–Kier alpha value is -1.49. The summed E-state index contributed by atoms with van der Waals surface area (Å²) in [5, 5.41) is 3.64. The molecule has 0 aromatic carbocycles. The fraction of sp³-hybridized carbons (Fsp3) is 0.562. The molecule has 0 unspecified atom stereocenters. The highest BCUT2D eigenvalue weighted by Gasteiger charge is 2.23. The zero-order valence-corrected chi connectivity index (χ0v) is 17.8. The predicted octanol–water partition coefficient (Wildman–Crippen LogP) is 2.26. The third-order valence-corrected chi connectivity index (χ3v) is 4.00. The minimum atomic E-state index is -0.257. The van der Waals surface area contributed by atoms with Crippen molar-refractivity contribution in [1.82, 2.24) is 15.2 Å². The zero-order chi connectivity index (χ0) is 18.1. The van der Waals surface area contributed by atoms with Gasteiger partial charge in [-0.1, -0.05) is 11.6 Å². The molecule has 3 N–H and O–H groups in total. The Morgan fingerprint density at radius 2 is 2.23 bits per heavy atom. The van der Waals surface area contributed by atoms with E-state index >= 15 is 0 Å². The Kier molecular flexibility index (Phi) is 10.4. The van der Waals surface area contributed by atoms with E-state index in [9.17, 15) is 4.79 Å². The summed E-state index contributed by atoms with van der Waals surface area (Å²) >= 11 is 5.95. The van der Waals surface area contributed by atoms with Crippen molar-refractivity contribution in [2.24, 2.45) is 10.7 Å². The van der Waals surface area contributed by atoms with Crippen LogP contribution in [-0.2, 0) is 4.74 Å². The number of carbonyl (C=O) groups is 1. The number of halogens is 2. The van der Waals surface area contributed by atoms with Gasteiger partial charge in [-0.15, -0.1) is 24.0 Å². The standard InChI is InChI=1S/C16H24ClN5O3.HI/c1-2-24-16(23)22-9-5-12(6-10-22)21-15(18)20-8-11-25-14-13(17)4-3-7-19-14;/h3-4,7,12H,2,5-6,8-11H2,1H3,(H3,18,20,21);1H. The molecule has 0 bridgehead atoms. The normalized spacial score (nSPS) is 15.2. The Morgan fingerprint density at radius 3 is 2.88 bits per heavy atom. The molecule has 0 saturated carbocycles. The highest BCUT2D eigenvalue weighted by molar-refractivity contribution is 14.0. The lowest BCUT2D eigenvalue weighted by Crippen LogP contribution is -2.48. The van der Waals surface area contributed by atoms with Crippen molar-refractivity contribution in [3.63, 3.8) is 0 Å². The number of hydrogen-bond acceptors (Lipinski definition) is 5. The summed E-state index contributed by atoms with van der Waals surface area (Å²) in [6, 6.07) is 3.65. The predicted molar refractivity (Wildman–Crippen MR) is 111 cm³/mol. The van der Waals surface area contributed by atoms with Crippen LogP contribution in [0.25, 0.3) is 0 Å². The third kappa shape index (κ3) is 7.40. The van der Waals surface area contributed by atoms with Crippen LogP contribution in [0, 0.1) is 0 Å². The Morgan fingerprint density at radius 1 is 1.50 bits per heavy atom. The van der Waals surface area contributed by atoms with Crippen molar-refractivity contribution < 1.29 is 14.3 Å². The monoisotopic (exact) mass is 497 g/mol. The number of nitrogens with two attached hydrogens (primary N) is 1. The molecular formula is C16H25ClIN5O3. The quantitative estimate of drug-likeness (QED) is 0.271. The highest BCUT2D eigenvalue weighted by atomic mass is 127. The number of amides is 1. The summed E-state index contributed by atoms with van der Waals surface area (Å²) in [4.78, 5) is 21.6. The number of guanidine groups is 1. The van der Waals surface area contributed by atoms with E-state index in [0.29, 0.717) is 49.7 Å². The molecule has 0 aliphatic carbocycles. The lowest BCUT2D eigenvalue weighted by Gasteiger charge is -2.31. The van der Waals surface area contributed by atoms with Gasteiger partial charge in [0.15, 0.2) is 5.96 Å². The zero-order valence-electron chi connectivity index (χ0n) is 14.7. The van der Waals surface area contributed by atoms with E-state index in [4.69, 9.17) is 26.8 Å². The van der Waals surface area contributed by atoms with Crippen molar-refractivity contribution in [2.75, 3.05) is 32.8 Å². The first-order valence-electron chi connectivity index (χ1n) is 8.31. The second-order valence-corrected chi connectivity index (χ2v) is 5.92. The number of nitrogens with zero attached hydrogens (tertiary/aromatic N) is 3. The van der Waals surface area contributed by atoms with E-state index < -0.39 is 0 Å². The van der Waals surface area contributed by atoms with Crippen LogP contribution >= 0.6 is 35.6 Å². The maximum Gasteiger partial charge on any atom is 0.409 e. The molecule has 2 heterocycles. The number of aliphatic imine (C=N–C) groups is 1. The molecule has 0 spiro atoms. The van der Waals surface area contributed by atoms with Crippen LogP contribution in [0.1, 0.15) is 19.8 Å². The molecule has 1 fully saturated rings. The summed E-state index contributed by atoms with van der Waals surface area (Å²) < 4.78 is 10.4. The summed E-state index contributed by atoms with van der Waals surface area (Å²) in [6.45, 7) is 4.21. The van der Waals surface area contributed by atoms with Gasteiger partial charge in [0.05, 0.1) is 13.2 Å². The number of aromatic nitrogens is 1. The summed E-state index contributed by atoms with van der Waals surface area (Å²) in [5.41, 5.74) is 5.89. The number of likely N-dealkylation sites (tertiary alicyclic amines) is 1. The Balaban J connectivity index is 0.00000338. The van der Waals surface area contributed by atoms with E-state index in [2.05, 4.69) is 15.3 Å². The number of pyridine rings is 1. The third-order valence-electron chi connectivity index (χ3n) is 3.71. The van der Waals surface area contributed by atoms with Gasteiger partial charge in [-0.05, 0) is 31.9 Å². The van der Waals surface area contributed by atoms with E-state index in [1.165, 1.54) is 0 Å². The van der Waals surface area contributed by atoms with Gasteiger partial charge in [0.25, 0.3) is 0 Å². The lowest BCUT2D eigenvalue weighted by molar-refractivity contribution is 0.0963. The first kappa shape index (κ1) is 22.6. The van der Waals surface area contributed by atoms with Crippen LogP contribution in [0.3, 0.4) is 0 Å². The average Bonchev–Trinajstić information content (AvgIpc) is 2.61. The van der Waals surface area contributed by atoms with Crippen LogP contribution in [0.15, 0.2) is 23.3 Å². The van der Waals surface area contributed by atoms with Gasteiger partial charge in [0, 0.05) is 25.3 Å². The molecule has 8 nitrogen and oxygen atoms in total. The fourth-order valence-corrected chi connectivity index (χ4v) is 2.64. The maximum absolute atomic E-state index is 11.6. The molecule has 0 atom stereocenters. The van der Waals surface area contributed by atoms with Gasteiger partial charge >= 0.3 is 6.09 Å². The molecule has 1 aromatic heterocycles. The van der Waals surface area contributed by atoms with Gasteiger partial charge in [0.1, 0.15) is 11.6 Å². The smallest absolute Gasteiger partial charge is 0.409 e. The van der Waals surface area contributed by atoms with Gasteiger partial charge < -0.3 is 25.4 Å². The van der Waals surface area contributed by atoms with Gasteiger partial charge in [-0.3, -0.25) is 0 Å². The molecule has 1 aliphatic rings. The fourth-order valence-electron chi connectivity index (χ4n) is 2.46. The topological polar surface area (TPSA) is 102 Å². The van der Waals surface area contributed by atoms with Crippen molar-refractivity contribution in [1.29, 1.82) is 0 Å². The van der Waals surface area contributed by atoms with Crippen LogP contribution in [0.5, 0.6) is 5.88 Å². The molecule has 1 aromatic rings. The minimum Gasteiger partial charge on any atom is -0.475 e. The molecule has 0 radical (unpaired) electrons. The van der Waals surface area contributed by atoms with E-state index in [1.54, 1.807) is 30.2 Å². The van der Waals surface area contributed by atoms with Crippen LogP contribution in [0.2, 0.25) is 5.02 Å². The minimum absolute atomic E-state index is 0. The van der Waals surface area contributed by atoms with Crippen LogP contribution < -0.4 is 15.8 Å². The number of rotatable bonds is 6. The SMILES string of the molecule is CCOC(=O)N1CCC(NC(N)=NCCOc2ncccc2Cl)CC1.I. The number of piperidine rings is 1. The molecule has 26 heavy (non-hydrogen) atoms. The Bertz CT molecular complexity index is 597. The first-order valence-corrected chi connectivity index (χ1v) is 8.69. The summed E-state index contributed by atoms with van der Waals surface area (Å²) in [5.74, 6) is 0.752. The van der Waals surface area contributed by atoms with Crippen molar-refractivity contribution >= 4 is 47.6 Å². The van der Waals surface area contributed by atoms with Crippen LogP contribution in [-0.4, -0.2) is 60.8 Å². The summed E-state index contributed by atoms with van der Waals surface area (Å²) in [6.07, 6.45) is 2.96. The molecule has 2 rings (SSSR count). The molecular weight excluding hydrogens is 473 g/mol. The molecule has 1 aliphatic heterocycles. The van der Waals surface area contributed by atoms with Crippen molar-refractivity contribution in [2.45, 2.75) is 25.8 Å². The molecule has 146 valence electrons. The number of hydrogen-bond donors (Lipinski definition) is 2. The van der Waals surface area contributed by atoms with E-state index in [-0.39, 0.29) is 36.1 Å². The van der Waals surface area contributed by atoms with Gasteiger partial charge in [0.2, 0.25) is 5.88 Å². The molecule has 1 amide bonds. The van der Waals surface area contributed by atoms with Gasteiger partial charge in [-0.2, -0.15) is 0 Å². The first-order chi connectivity index (χ1) is 12.1. The Labute approximate surface area is 175 Å². The van der Waals surface area contributed by atoms with E-state index in [0.717, 1.165) is 12.8 Å². The number of ether oxygens (including phenoxy) is 2. The lowest BCUT2D eigenvalue weighted by atomic mass is 10.1. The van der Waals surface area contributed by atoms with Crippen molar-refractivity contribution in [3.8, 4) is 5.88 Å². The van der Waals surface area contributed by atoms with Crippen molar-refractivity contribution in [3.05, 3.63) is 23.4 Å². The number of nitrogens with one attached hydrogen (secondary N) is 1.